The highest BCUT2D eigenvalue weighted by Gasteiger charge is 2.26. The third kappa shape index (κ3) is 5.02. The number of carbonyl (C=O) groups is 1. The molecule has 0 rings (SSSR count). The molecule has 1 atom stereocenters. The van der Waals surface area contributed by atoms with Crippen molar-refractivity contribution < 1.29 is 4.79 Å². The van der Waals surface area contributed by atoms with Gasteiger partial charge in [0.05, 0.1) is 6.04 Å². The van der Waals surface area contributed by atoms with E-state index in [0.717, 1.165) is 6.42 Å². The lowest BCUT2D eigenvalue weighted by molar-refractivity contribution is -0.124. The molecule has 3 N–H and O–H groups in total. The van der Waals surface area contributed by atoms with Crippen molar-refractivity contribution in [2.75, 3.05) is 6.54 Å². The van der Waals surface area contributed by atoms with Crippen LogP contribution in [0.15, 0.2) is 12.2 Å². The summed E-state index contributed by atoms with van der Waals surface area (Å²) in [6, 6.07) is -0.437. The summed E-state index contributed by atoms with van der Waals surface area (Å²) in [5.74, 6) is -0.0676. The van der Waals surface area contributed by atoms with E-state index >= 15 is 0 Å². The molecule has 1 unspecified atom stereocenters. The molecule has 0 heterocycles. The second-order valence-corrected chi connectivity index (χ2v) is 4.49. The van der Waals surface area contributed by atoms with Crippen molar-refractivity contribution in [1.29, 1.82) is 0 Å². The van der Waals surface area contributed by atoms with E-state index in [9.17, 15) is 4.79 Å². The van der Waals surface area contributed by atoms with Crippen LogP contribution in [0, 0.1) is 5.41 Å². The lowest BCUT2D eigenvalue weighted by Gasteiger charge is -2.25. The summed E-state index contributed by atoms with van der Waals surface area (Å²) in [4.78, 5) is 11.5. The maximum Gasteiger partial charge on any atom is 0.237 e. The summed E-state index contributed by atoms with van der Waals surface area (Å²) in [6.07, 6.45) is 4.85. The molecule has 0 fully saturated rings. The molecule has 3 nitrogen and oxygen atoms in total. The zero-order valence-corrected chi connectivity index (χ0v) is 9.63. The number of allylic oxidation sites excluding steroid dienone is 1. The molecular weight excluding hydrogens is 176 g/mol. The Morgan fingerprint density at radius 1 is 1.50 bits per heavy atom. The van der Waals surface area contributed by atoms with Crippen molar-refractivity contribution in [2.45, 2.75) is 40.2 Å². The van der Waals surface area contributed by atoms with E-state index in [0.29, 0.717) is 6.54 Å². The van der Waals surface area contributed by atoms with Gasteiger partial charge in [0, 0.05) is 6.54 Å². The van der Waals surface area contributed by atoms with Gasteiger partial charge in [-0.15, -0.1) is 0 Å². The molecule has 82 valence electrons. The molecule has 0 saturated heterocycles. The summed E-state index contributed by atoms with van der Waals surface area (Å²) in [7, 11) is 0. The predicted molar refractivity (Wildman–Crippen MR) is 59.9 cm³/mol. The maximum atomic E-state index is 11.5. The van der Waals surface area contributed by atoms with Gasteiger partial charge in [-0.1, -0.05) is 32.9 Å². The first-order valence-corrected chi connectivity index (χ1v) is 5.04. The van der Waals surface area contributed by atoms with Gasteiger partial charge < -0.3 is 11.1 Å². The third-order valence-electron chi connectivity index (χ3n) is 2.06. The Morgan fingerprint density at radius 3 is 2.50 bits per heavy atom. The van der Waals surface area contributed by atoms with Gasteiger partial charge in [-0.25, -0.2) is 0 Å². The van der Waals surface area contributed by atoms with Crippen molar-refractivity contribution >= 4 is 5.91 Å². The standard InChI is InChI=1S/C11H22N2O/c1-5-6-7-8-13-10(14)9(12)11(2,3)4/h5-6,9H,7-8,12H2,1-4H3,(H,13,14)/b6-5+. The second-order valence-electron chi connectivity index (χ2n) is 4.49. The average molecular weight is 198 g/mol. The third-order valence-corrected chi connectivity index (χ3v) is 2.06. The SMILES string of the molecule is C/C=C/CCNC(=O)C(N)C(C)(C)C. The minimum atomic E-state index is -0.437. The van der Waals surface area contributed by atoms with Crippen molar-refractivity contribution in [1.82, 2.24) is 5.32 Å². The van der Waals surface area contributed by atoms with Crippen molar-refractivity contribution in [3.63, 3.8) is 0 Å². The Morgan fingerprint density at radius 2 is 2.07 bits per heavy atom. The van der Waals surface area contributed by atoms with Gasteiger partial charge in [-0.3, -0.25) is 4.79 Å². The van der Waals surface area contributed by atoms with Gasteiger partial charge in [0.1, 0.15) is 0 Å². The van der Waals surface area contributed by atoms with E-state index in [1.165, 1.54) is 0 Å². The number of rotatable bonds is 4. The predicted octanol–water partition coefficient (Wildman–Crippen LogP) is 1.44. The Hall–Kier alpha value is -0.830. The van der Waals surface area contributed by atoms with Gasteiger partial charge in [0.2, 0.25) is 5.91 Å². The van der Waals surface area contributed by atoms with Crippen LogP contribution in [0.3, 0.4) is 0 Å². The van der Waals surface area contributed by atoms with Crippen LogP contribution in [0.2, 0.25) is 0 Å². The normalized spacial score (nSPS) is 14.4. The zero-order valence-electron chi connectivity index (χ0n) is 9.63. The fourth-order valence-electron chi connectivity index (χ4n) is 0.949. The van der Waals surface area contributed by atoms with Crippen LogP contribution < -0.4 is 11.1 Å². The summed E-state index contributed by atoms with van der Waals surface area (Å²) in [6.45, 7) is 8.51. The Labute approximate surface area is 86.8 Å². The van der Waals surface area contributed by atoms with E-state index < -0.39 is 6.04 Å². The number of amides is 1. The summed E-state index contributed by atoms with van der Waals surface area (Å²) in [5.41, 5.74) is 5.60. The molecule has 0 aliphatic heterocycles. The lowest BCUT2D eigenvalue weighted by atomic mass is 9.87. The van der Waals surface area contributed by atoms with Crippen molar-refractivity contribution in [2.24, 2.45) is 11.1 Å². The first kappa shape index (κ1) is 13.2. The summed E-state index contributed by atoms with van der Waals surface area (Å²) in [5, 5.41) is 2.81. The number of hydrogen-bond donors (Lipinski definition) is 2. The summed E-state index contributed by atoms with van der Waals surface area (Å²) >= 11 is 0. The highest BCUT2D eigenvalue weighted by Crippen LogP contribution is 2.16. The second kappa shape index (κ2) is 5.81. The Kier molecular flexibility index (Phi) is 5.46. The van der Waals surface area contributed by atoms with E-state index in [1.807, 2.05) is 39.8 Å². The molecule has 0 saturated carbocycles. The van der Waals surface area contributed by atoms with Crippen LogP contribution >= 0.6 is 0 Å². The highest BCUT2D eigenvalue weighted by molar-refractivity contribution is 5.82. The quantitative estimate of drug-likeness (QED) is 0.530. The molecule has 1 amide bonds. The molecule has 0 radical (unpaired) electrons. The van der Waals surface area contributed by atoms with E-state index in [4.69, 9.17) is 5.73 Å². The van der Waals surface area contributed by atoms with Gasteiger partial charge in [-0.2, -0.15) is 0 Å². The molecule has 0 aromatic heterocycles. The topological polar surface area (TPSA) is 55.1 Å². The molecule has 0 aromatic carbocycles. The molecular formula is C11H22N2O. The molecule has 0 aliphatic carbocycles. The van der Waals surface area contributed by atoms with E-state index in [2.05, 4.69) is 5.32 Å². The number of nitrogens with one attached hydrogen (secondary N) is 1. The molecule has 0 aliphatic rings. The molecule has 0 aromatic rings. The maximum absolute atomic E-state index is 11.5. The summed E-state index contributed by atoms with van der Waals surface area (Å²) < 4.78 is 0. The molecule has 0 bridgehead atoms. The molecule has 3 heteroatoms. The number of nitrogens with two attached hydrogens (primary N) is 1. The van der Waals surface area contributed by atoms with Crippen LogP contribution in [0.25, 0.3) is 0 Å². The first-order valence-electron chi connectivity index (χ1n) is 5.04. The first-order chi connectivity index (χ1) is 6.39. The molecule has 14 heavy (non-hydrogen) atoms. The fraction of sp³-hybridized carbons (Fsp3) is 0.727. The minimum Gasteiger partial charge on any atom is -0.354 e. The number of hydrogen-bond acceptors (Lipinski definition) is 2. The monoisotopic (exact) mass is 198 g/mol. The van der Waals surface area contributed by atoms with Gasteiger partial charge >= 0.3 is 0 Å². The molecule has 0 spiro atoms. The fourth-order valence-corrected chi connectivity index (χ4v) is 0.949. The smallest absolute Gasteiger partial charge is 0.237 e. The lowest BCUT2D eigenvalue weighted by Crippen LogP contribution is -2.48. The average Bonchev–Trinajstić information content (AvgIpc) is 2.09. The van der Waals surface area contributed by atoms with Crippen LogP contribution in [0.5, 0.6) is 0 Å². The van der Waals surface area contributed by atoms with E-state index in [1.54, 1.807) is 0 Å². The number of carbonyl (C=O) groups excluding carboxylic acids is 1. The van der Waals surface area contributed by atoms with Gasteiger partial charge in [-0.05, 0) is 18.8 Å². The minimum absolute atomic E-state index is 0.0676. The largest absolute Gasteiger partial charge is 0.354 e. The Balaban J connectivity index is 3.85. The van der Waals surface area contributed by atoms with Crippen LogP contribution in [-0.4, -0.2) is 18.5 Å². The van der Waals surface area contributed by atoms with Crippen LogP contribution in [-0.2, 0) is 4.79 Å². The Bertz CT molecular complexity index is 204. The van der Waals surface area contributed by atoms with Crippen molar-refractivity contribution in [3.05, 3.63) is 12.2 Å². The van der Waals surface area contributed by atoms with Crippen molar-refractivity contribution in [3.8, 4) is 0 Å². The van der Waals surface area contributed by atoms with Crippen LogP contribution in [0.1, 0.15) is 34.1 Å². The zero-order chi connectivity index (χ0) is 11.2. The van der Waals surface area contributed by atoms with Gasteiger partial charge in [0.15, 0.2) is 0 Å². The highest BCUT2D eigenvalue weighted by atomic mass is 16.2. The van der Waals surface area contributed by atoms with Gasteiger partial charge in [0.25, 0.3) is 0 Å². The van der Waals surface area contributed by atoms with Crippen LogP contribution in [0.4, 0.5) is 0 Å². The van der Waals surface area contributed by atoms with E-state index in [-0.39, 0.29) is 11.3 Å².